The van der Waals surface area contributed by atoms with E-state index in [1.165, 1.54) is 25.4 Å². The number of H-pyrrole nitrogens is 1. The van der Waals surface area contributed by atoms with Gasteiger partial charge in [0, 0.05) is 24.4 Å². The molecule has 2 saturated heterocycles. The van der Waals surface area contributed by atoms with E-state index in [1.807, 2.05) is 0 Å². The highest BCUT2D eigenvalue weighted by Gasteiger charge is 2.53. The van der Waals surface area contributed by atoms with Gasteiger partial charge in [-0.1, -0.05) is 0 Å². The minimum absolute atomic E-state index is 0.0539. The van der Waals surface area contributed by atoms with Crippen molar-refractivity contribution >= 4 is 24.3 Å². The number of nitrogen functional groups attached to an aromatic ring is 1. The molecule has 8 atom stereocenters. The van der Waals surface area contributed by atoms with Crippen LogP contribution in [0.3, 0.4) is 0 Å². The SMILES string of the molecule is Cc1cn([C@H]2C[C@H](O)[C@@H](C(O)OP(O)(=S)O[C@]3(O)C[C@H](n4ccc(N)nc4=O)O[C@@H]3CO)O2)c(=O)[nH]c1=O. The Labute approximate surface area is 217 Å². The third-order valence-corrected chi connectivity index (χ3v) is 7.52. The molecule has 0 amide bonds. The Morgan fingerprint density at radius 3 is 2.71 bits per heavy atom. The maximum absolute atomic E-state index is 12.1. The van der Waals surface area contributed by atoms with E-state index >= 15 is 0 Å². The summed E-state index contributed by atoms with van der Waals surface area (Å²) in [5.74, 6) is -2.52. The topological polar surface area (TPSA) is 254 Å². The maximum atomic E-state index is 12.1. The van der Waals surface area contributed by atoms with Gasteiger partial charge in [-0.3, -0.25) is 28.0 Å². The average molecular weight is 579 g/mol. The van der Waals surface area contributed by atoms with Crippen molar-refractivity contribution in [1.82, 2.24) is 19.1 Å². The van der Waals surface area contributed by atoms with E-state index in [1.54, 1.807) is 0 Å². The van der Waals surface area contributed by atoms with Crippen molar-refractivity contribution in [3.63, 3.8) is 0 Å². The standard InChI is InChI=1S/C19H26N5O12PS/c1-8-6-24(18(30)22-15(8)27)12-4-9(26)14(34-12)16(28)35-37(32,38)36-19(31)5-13(33-10(19)7-25)23-3-2-11(20)21-17(23)29/h2-3,6,9-10,12-14,16,25-26,28,31H,4-5,7H2,1H3,(H,32,38)(H2,20,21,29)(H,22,27,30)/t9-,10+,12+,13+,14-,16?,19+,37?/m0/s1. The Kier molecular flexibility index (Phi) is 8.04. The molecule has 0 spiro atoms. The lowest BCUT2D eigenvalue weighted by Gasteiger charge is -2.32. The van der Waals surface area contributed by atoms with Crippen LogP contribution in [0.5, 0.6) is 0 Å². The summed E-state index contributed by atoms with van der Waals surface area (Å²) < 4.78 is 23.2. The quantitative estimate of drug-likeness (QED) is 0.121. The van der Waals surface area contributed by atoms with Gasteiger partial charge in [0.2, 0.25) is 5.79 Å². The number of anilines is 1. The summed E-state index contributed by atoms with van der Waals surface area (Å²) in [5.41, 5.74) is 3.44. The van der Waals surface area contributed by atoms with Crippen LogP contribution in [0.25, 0.3) is 0 Å². The minimum Gasteiger partial charge on any atom is -0.393 e. The predicted molar refractivity (Wildman–Crippen MR) is 129 cm³/mol. The summed E-state index contributed by atoms with van der Waals surface area (Å²) in [5, 5.41) is 41.5. The summed E-state index contributed by atoms with van der Waals surface area (Å²) in [6.07, 6.45) is -7.06. The molecule has 8 N–H and O–H groups in total. The molecule has 0 radical (unpaired) electrons. The Morgan fingerprint density at radius 1 is 1.34 bits per heavy atom. The highest BCUT2D eigenvalue weighted by atomic mass is 32.5. The Hall–Kier alpha value is -2.35. The van der Waals surface area contributed by atoms with Gasteiger partial charge >= 0.3 is 18.1 Å². The molecule has 2 aliphatic rings. The molecule has 38 heavy (non-hydrogen) atoms. The molecule has 2 aromatic heterocycles. The monoisotopic (exact) mass is 579 g/mol. The fraction of sp³-hybridized carbons (Fsp3) is 0.579. The number of aromatic nitrogens is 4. The number of nitrogens with zero attached hydrogens (tertiary/aromatic N) is 3. The molecule has 0 saturated carbocycles. The number of aromatic amines is 1. The first-order valence-corrected chi connectivity index (χ1v) is 13.7. The lowest BCUT2D eigenvalue weighted by atomic mass is 10.1. The molecule has 210 valence electrons. The summed E-state index contributed by atoms with van der Waals surface area (Å²) in [6, 6.07) is 1.30. The van der Waals surface area contributed by atoms with Crippen LogP contribution < -0.4 is 22.7 Å². The number of rotatable bonds is 8. The number of aryl methyl sites for hydroxylation is 1. The molecule has 2 aromatic rings. The zero-order valence-electron chi connectivity index (χ0n) is 19.7. The van der Waals surface area contributed by atoms with Gasteiger partial charge in [-0.15, -0.1) is 0 Å². The van der Waals surface area contributed by atoms with Crippen molar-refractivity contribution in [3.05, 3.63) is 55.3 Å². The van der Waals surface area contributed by atoms with E-state index < -0.39 is 79.5 Å². The normalized spacial score (nSPS) is 31.8. The van der Waals surface area contributed by atoms with Crippen LogP contribution in [-0.4, -0.2) is 81.4 Å². The third kappa shape index (κ3) is 5.80. The fourth-order valence-electron chi connectivity index (χ4n) is 4.14. The van der Waals surface area contributed by atoms with Crippen molar-refractivity contribution in [2.75, 3.05) is 12.3 Å². The van der Waals surface area contributed by atoms with Crippen LogP contribution >= 0.6 is 6.72 Å². The van der Waals surface area contributed by atoms with Crippen LogP contribution in [0.4, 0.5) is 5.82 Å². The highest BCUT2D eigenvalue weighted by Crippen LogP contribution is 2.53. The molecule has 0 aliphatic carbocycles. The molecule has 4 heterocycles. The molecular weight excluding hydrogens is 553 g/mol. The molecule has 2 unspecified atom stereocenters. The van der Waals surface area contributed by atoms with Gasteiger partial charge in [-0.25, -0.2) is 9.59 Å². The van der Waals surface area contributed by atoms with Gasteiger partial charge in [0.15, 0.2) is 6.29 Å². The van der Waals surface area contributed by atoms with Gasteiger partial charge in [-0.05, 0) is 24.8 Å². The first kappa shape index (κ1) is 28.7. The van der Waals surface area contributed by atoms with Crippen LogP contribution in [0.15, 0.2) is 32.8 Å². The second kappa shape index (κ2) is 10.7. The van der Waals surface area contributed by atoms with E-state index in [2.05, 4.69) is 9.97 Å². The lowest BCUT2D eigenvalue weighted by molar-refractivity contribution is -0.203. The van der Waals surface area contributed by atoms with Crippen molar-refractivity contribution in [1.29, 1.82) is 0 Å². The minimum atomic E-state index is -4.53. The number of hydrogen-bond acceptors (Lipinski definition) is 14. The molecule has 19 heteroatoms. The molecule has 2 aliphatic heterocycles. The Balaban J connectivity index is 1.46. The van der Waals surface area contributed by atoms with E-state index in [-0.39, 0.29) is 17.8 Å². The van der Waals surface area contributed by atoms with E-state index in [0.29, 0.717) is 0 Å². The molecule has 17 nitrogen and oxygen atoms in total. The number of ether oxygens (including phenoxy) is 2. The first-order valence-electron chi connectivity index (χ1n) is 11.1. The second-order valence-corrected chi connectivity index (χ2v) is 11.5. The number of hydrogen-bond donors (Lipinski definition) is 7. The Bertz CT molecular complexity index is 1420. The summed E-state index contributed by atoms with van der Waals surface area (Å²) in [6.45, 7) is -3.90. The van der Waals surface area contributed by atoms with E-state index in [9.17, 15) is 39.7 Å². The largest absolute Gasteiger partial charge is 0.393 e. The van der Waals surface area contributed by atoms with E-state index in [0.717, 1.165) is 9.13 Å². The fourth-order valence-corrected chi connectivity index (χ4v) is 5.82. The highest BCUT2D eigenvalue weighted by molar-refractivity contribution is 8.07. The molecule has 2 fully saturated rings. The summed E-state index contributed by atoms with van der Waals surface area (Å²) in [4.78, 5) is 52.1. The van der Waals surface area contributed by atoms with Gasteiger partial charge in [-0.2, -0.15) is 4.98 Å². The van der Waals surface area contributed by atoms with Gasteiger partial charge in [0.05, 0.1) is 19.1 Å². The van der Waals surface area contributed by atoms with Gasteiger partial charge < -0.3 is 40.5 Å². The van der Waals surface area contributed by atoms with Crippen molar-refractivity contribution in [2.45, 2.75) is 62.6 Å². The van der Waals surface area contributed by atoms with Crippen molar-refractivity contribution in [2.24, 2.45) is 0 Å². The van der Waals surface area contributed by atoms with E-state index in [4.69, 9.17) is 36.1 Å². The molecule has 4 rings (SSSR count). The zero-order valence-corrected chi connectivity index (χ0v) is 21.4. The number of aliphatic hydroxyl groups is 4. The van der Waals surface area contributed by atoms with Crippen LogP contribution in [0, 0.1) is 6.92 Å². The van der Waals surface area contributed by atoms with Crippen LogP contribution in [0.1, 0.15) is 30.9 Å². The van der Waals surface area contributed by atoms with Gasteiger partial charge in [0.25, 0.3) is 5.56 Å². The lowest BCUT2D eigenvalue weighted by Crippen LogP contribution is -2.43. The van der Waals surface area contributed by atoms with Crippen molar-refractivity contribution < 1.29 is 43.8 Å². The number of nitrogens with one attached hydrogen (secondary N) is 1. The molecular formula is C19H26N5O12PS. The second-order valence-electron chi connectivity index (χ2n) is 8.75. The van der Waals surface area contributed by atoms with Crippen LogP contribution in [-0.2, 0) is 30.3 Å². The summed E-state index contributed by atoms with van der Waals surface area (Å²) >= 11 is 4.91. The molecule has 0 aromatic carbocycles. The third-order valence-electron chi connectivity index (χ3n) is 6.01. The van der Waals surface area contributed by atoms with Crippen LogP contribution in [0.2, 0.25) is 0 Å². The Morgan fingerprint density at radius 2 is 2.05 bits per heavy atom. The van der Waals surface area contributed by atoms with Crippen molar-refractivity contribution in [3.8, 4) is 0 Å². The smallest absolute Gasteiger partial charge is 0.351 e. The maximum Gasteiger partial charge on any atom is 0.351 e. The summed E-state index contributed by atoms with van der Waals surface area (Å²) in [7, 11) is 0. The predicted octanol–water partition coefficient (Wildman–Crippen LogP) is -3.13. The number of nitrogens with two attached hydrogens (primary N) is 1. The molecule has 0 bridgehead atoms. The number of aliphatic hydroxyl groups excluding tert-OH is 3. The van der Waals surface area contributed by atoms with Gasteiger partial charge in [0.1, 0.15) is 30.5 Å². The average Bonchev–Trinajstić information content (AvgIpc) is 3.34. The first-order chi connectivity index (χ1) is 17.7. The zero-order chi connectivity index (χ0) is 28.0.